The minimum absolute atomic E-state index is 0.186. The van der Waals surface area contributed by atoms with Gasteiger partial charge < -0.3 is 5.43 Å². The largest absolute Gasteiger partial charge is 0.303 e. The Morgan fingerprint density at radius 3 is 2.45 bits per heavy atom. The molecule has 1 aromatic carbocycles. The normalized spacial score (nSPS) is 10.9. The molecular formula is C16H14ClN3O2. The zero-order chi connectivity index (χ0) is 15.9. The molecule has 1 amide bonds. The first-order valence-corrected chi connectivity index (χ1v) is 6.89. The minimum Gasteiger partial charge on any atom is -0.303 e. The Balaban J connectivity index is 1.94. The number of hydrogen-bond acceptors (Lipinski definition) is 4. The molecule has 0 saturated carbocycles. The summed E-state index contributed by atoms with van der Waals surface area (Å²) in [6.45, 7) is 1.67. The van der Waals surface area contributed by atoms with Gasteiger partial charge in [0.05, 0.1) is 0 Å². The van der Waals surface area contributed by atoms with Crippen molar-refractivity contribution >= 4 is 23.3 Å². The number of pyridine rings is 1. The maximum absolute atomic E-state index is 12.0. The number of benzene rings is 1. The van der Waals surface area contributed by atoms with Crippen LogP contribution in [0, 0.1) is 0 Å². The molecule has 0 aliphatic carbocycles. The van der Waals surface area contributed by atoms with E-state index in [4.69, 9.17) is 11.6 Å². The molecule has 22 heavy (non-hydrogen) atoms. The number of amides is 1. The van der Waals surface area contributed by atoms with Gasteiger partial charge in [-0.1, -0.05) is 17.7 Å². The van der Waals surface area contributed by atoms with Crippen molar-refractivity contribution in [3.05, 3.63) is 76.7 Å². The SMILES string of the molecule is C/C(=C\C(=O)c1ccc(Cl)cc1)NNC(=O)c1ccccn1. The molecule has 0 unspecified atom stereocenters. The molecule has 112 valence electrons. The van der Waals surface area contributed by atoms with Gasteiger partial charge in [-0.3, -0.25) is 20.0 Å². The number of nitrogens with one attached hydrogen (secondary N) is 2. The molecule has 6 heteroatoms. The lowest BCUT2D eigenvalue weighted by Gasteiger charge is -2.08. The summed E-state index contributed by atoms with van der Waals surface area (Å²) in [5.74, 6) is -0.568. The number of rotatable bonds is 5. The van der Waals surface area contributed by atoms with Gasteiger partial charge >= 0.3 is 0 Å². The van der Waals surface area contributed by atoms with Crippen molar-refractivity contribution in [2.24, 2.45) is 0 Å². The van der Waals surface area contributed by atoms with Gasteiger partial charge in [-0.05, 0) is 43.3 Å². The first kappa shape index (κ1) is 15.7. The fourth-order valence-electron chi connectivity index (χ4n) is 1.65. The summed E-state index contributed by atoms with van der Waals surface area (Å²) in [5.41, 5.74) is 6.44. The molecule has 1 aromatic heterocycles. The van der Waals surface area contributed by atoms with Crippen LogP contribution in [0.25, 0.3) is 0 Å². The third-order valence-corrected chi connectivity index (χ3v) is 3.00. The number of carbonyl (C=O) groups excluding carboxylic acids is 2. The van der Waals surface area contributed by atoms with Crippen LogP contribution in [0.2, 0.25) is 5.02 Å². The number of halogens is 1. The number of nitrogens with zero attached hydrogens (tertiary/aromatic N) is 1. The van der Waals surface area contributed by atoms with Crippen molar-refractivity contribution in [3.8, 4) is 0 Å². The second kappa shape index (κ2) is 7.38. The van der Waals surface area contributed by atoms with Crippen molar-refractivity contribution in [1.29, 1.82) is 0 Å². The molecule has 0 spiro atoms. The Labute approximate surface area is 133 Å². The van der Waals surface area contributed by atoms with E-state index in [2.05, 4.69) is 15.8 Å². The highest BCUT2D eigenvalue weighted by Gasteiger charge is 2.06. The summed E-state index contributed by atoms with van der Waals surface area (Å²) in [5, 5.41) is 0.568. The van der Waals surface area contributed by atoms with E-state index >= 15 is 0 Å². The highest BCUT2D eigenvalue weighted by molar-refractivity contribution is 6.30. The maximum Gasteiger partial charge on any atom is 0.288 e. The predicted octanol–water partition coefficient (Wildman–Crippen LogP) is 2.76. The summed E-state index contributed by atoms with van der Waals surface area (Å²) in [6, 6.07) is 11.6. The number of ketones is 1. The van der Waals surface area contributed by atoms with Gasteiger partial charge in [0, 0.05) is 28.6 Å². The van der Waals surface area contributed by atoms with Gasteiger partial charge in [0.15, 0.2) is 5.78 Å². The summed E-state index contributed by atoms with van der Waals surface area (Å²) in [4.78, 5) is 27.7. The molecule has 0 radical (unpaired) electrons. The Kier molecular flexibility index (Phi) is 5.27. The molecule has 0 aliphatic heterocycles. The van der Waals surface area contributed by atoms with Crippen LogP contribution in [0.1, 0.15) is 27.8 Å². The summed E-state index contributed by atoms with van der Waals surface area (Å²) in [6.07, 6.45) is 2.92. The predicted molar refractivity (Wildman–Crippen MR) is 84.4 cm³/mol. The fourth-order valence-corrected chi connectivity index (χ4v) is 1.77. The van der Waals surface area contributed by atoms with Crippen LogP contribution >= 0.6 is 11.6 Å². The van der Waals surface area contributed by atoms with E-state index < -0.39 is 0 Å². The molecule has 0 fully saturated rings. The van der Waals surface area contributed by atoms with Gasteiger partial charge in [-0.2, -0.15) is 0 Å². The number of aromatic nitrogens is 1. The Morgan fingerprint density at radius 1 is 1.09 bits per heavy atom. The summed E-state index contributed by atoms with van der Waals surface area (Å²) in [7, 11) is 0. The average Bonchev–Trinajstić information content (AvgIpc) is 2.54. The van der Waals surface area contributed by atoms with Gasteiger partial charge in [0.2, 0.25) is 0 Å². The van der Waals surface area contributed by atoms with Crippen molar-refractivity contribution in [2.75, 3.05) is 0 Å². The molecular weight excluding hydrogens is 302 g/mol. The maximum atomic E-state index is 12.0. The van der Waals surface area contributed by atoms with Crippen molar-refractivity contribution in [3.63, 3.8) is 0 Å². The monoisotopic (exact) mass is 315 g/mol. The Morgan fingerprint density at radius 2 is 1.82 bits per heavy atom. The number of hydrazine groups is 1. The lowest BCUT2D eigenvalue weighted by molar-refractivity contribution is 0.0931. The molecule has 0 bridgehead atoms. The van der Waals surface area contributed by atoms with Crippen LogP contribution in [0.3, 0.4) is 0 Å². The van der Waals surface area contributed by atoms with Crippen LogP contribution in [0.4, 0.5) is 0 Å². The third kappa shape index (κ3) is 4.43. The smallest absolute Gasteiger partial charge is 0.288 e. The Hall–Kier alpha value is -2.66. The second-order valence-electron chi connectivity index (χ2n) is 4.49. The lowest BCUT2D eigenvalue weighted by atomic mass is 10.1. The van der Waals surface area contributed by atoms with Crippen LogP contribution in [-0.2, 0) is 0 Å². The molecule has 1 heterocycles. The quantitative estimate of drug-likeness (QED) is 0.505. The van der Waals surface area contributed by atoms with E-state index in [0.717, 1.165) is 0 Å². The van der Waals surface area contributed by atoms with Crippen molar-refractivity contribution < 1.29 is 9.59 Å². The summed E-state index contributed by atoms with van der Waals surface area (Å²) < 4.78 is 0. The zero-order valence-corrected chi connectivity index (χ0v) is 12.6. The first-order chi connectivity index (χ1) is 10.6. The highest BCUT2D eigenvalue weighted by Crippen LogP contribution is 2.10. The van der Waals surface area contributed by atoms with Crippen molar-refractivity contribution in [2.45, 2.75) is 6.92 Å². The van der Waals surface area contributed by atoms with Crippen LogP contribution in [0.15, 0.2) is 60.4 Å². The lowest BCUT2D eigenvalue weighted by Crippen LogP contribution is -2.36. The van der Waals surface area contributed by atoms with E-state index in [1.807, 2.05) is 0 Å². The topological polar surface area (TPSA) is 71.1 Å². The number of allylic oxidation sites excluding steroid dienone is 2. The van der Waals surface area contributed by atoms with Crippen LogP contribution < -0.4 is 10.9 Å². The second-order valence-corrected chi connectivity index (χ2v) is 4.93. The first-order valence-electron chi connectivity index (χ1n) is 6.52. The molecule has 0 atom stereocenters. The fraction of sp³-hybridized carbons (Fsp3) is 0.0625. The zero-order valence-electron chi connectivity index (χ0n) is 11.8. The van der Waals surface area contributed by atoms with Gasteiger partial charge in [-0.25, -0.2) is 0 Å². The van der Waals surface area contributed by atoms with Gasteiger partial charge in [-0.15, -0.1) is 0 Å². The molecule has 2 rings (SSSR count). The third-order valence-electron chi connectivity index (χ3n) is 2.75. The number of carbonyl (C=O) groups is 2. The minimum atomic E-state index is -0.382. The molecule has 0 saturated heterocycles. The van der Waals surface area contributed by atoms with Gasteiger partial charge in [0.1, 0.15) is 5.69 Å². The number of hydrogen-bond donors (Lipinski definition) is 2. The molecule has 5 nitrogen and oxygen atoms in total. The van der Waals surface area contributed by atoms with E-state index in [9.17, 15) is 9.59 Å². The highest BCUT2D eigenvalue weighted by atomic mass is 35.5. The summed E-state index contributed by atoms with van der Waals surface area (Å²) >= 11 is 5.77. The van der Waals surface area contributed by atoms with Crippen LogP contribution in [-0.4, -0.2) is 16.7 Å². The van der Waals surface area contributed by atoms with E-state index in [0.29, 0.717) is 16.3 Å². The van der Waals surface area contributed by atoms with Gasteiger partial charge in [0.25, 0.3) is 5.91 Å². The molecule has 2 aromatic rings. The van der Waals surface area contributed by atoms with E-state index in [-0.39, 0.29) is 17.4 Å². The van der Waals surface area contributed by atoms with Crippen LogP contribution in [0.5, 0.6) is 0 Å². The van der Waals surface area contributed by atoms with E-state index in [1.54, 1.807) is 49.4 Å². The van der Waals surface area contributed by atoms with E-state index in [1.165, 1.54) is 12.3 Å². The average molecular weight is 316 g/mol. The molecule has 2 N–H and O–H groups in total. The van der Waals surface area contributed by atoms with Crippen molar-refractivity contribution in [1.82, 2.24) is 15.8 Å². The standard InChI is InChI=1S/C16H14ClN3O2/c1-11(10-15(21)12-5-7-13(17)8-6-12)19-20-16(22)14-4-2-3-9-18-14/h2-10,19H,1H3,(H,20,22)/b11-10+. The Bertz CT molecular complexity index is 697. The molecule has 0 aliphatic rings.